The summed E-state index contributed by atoms with van der Waals surface area (Å²) in [6.45, 7) is 3.79. The number of hydrogen-bond donors (Lipinski definition) is 3. The highest BCUT2D eigenvalue weighted by molar-refractivity contribution is 6.37. The van der Waals surface area contributed by atoms with Crippen LogP contribution in [0.3, 0.4) is 0 Å². The zero-order chi connectivity index (χ0) is 23.2. The molecule has 2 heterocycles. The van der Waals surface area contributed by atoms with Gasteiger partial charge in [0.15, 0.2) is 11.8 Å². The predicted octanol–water partition coefficient (Wildman–Crippen LogP) is 3.46. The minimum absolute atomic E-state index is 0.0646. The third-order valence-electron chi connectivity index (χ3n) is 4.75. The molecular weight excluding hydrogens is 459 g/mol. The Morgan fingerprint density at radius 1 is 1.12 bits per heavy atom. The van der Waals surface area contributed by atoms with E-state index in [0.717, 1.165) is 5.01 Å². The van der Waals surface area contributed by atoms with E-state index in [4.69, 9.17) is 33.2 Å². The average Bonchev–Trinajstić information content (AvgIpc) is 3.06. The number of nitrogens with zero attached hydrogens (tertiary/aromatic N) is 3. The second kappa shape index (κ2) is 8.20. The molecule has 1 atom stereocenters. The van der Waals surface area contributed by atoms with Gasteiger partial charge in [0.2, 0.25) is 0 Å². The molecule has 0 bridgehead atoms. The van der Waals surface area contributed by atoms with Gasteiger partial charge in [-0.25, -0.2) is 14.6 Å². The van der Waals surface area contributed by atoms with Gasteiger partial charge >= 0.3 is 11.7 Å². The molecule has 1 aromatic heterocycles. The highest BCUT2D eigenvalue weighted by Gasteiger charge is 2.33. The Kier molecular flexibility index (Phi) is 5.56. The van der Waals surface area contributed by atoms with Crippen LogP contribution in [-0.4, -0.2) is 27.5 Å². The quantitative estimate of drug-likeness (QED) is 0.530. The van der Waals surface area contributed by atoms with Gasteiger partial charge in [-0.15, -0.1) is 0 Å². The molecule has 10 nitrogen and oxygen atoms in total. The molecule has 164 valence electrons. The lowest BCUT2D eigenvalue weighted by molar-refractivity contribution is -0.121. The number of urea groups is 1. The van der Waals surface area contributed by atoms with Gasteiger partial charge in [-0.1, -0.05) is 23.2 Å². The lowest BCUT2D eigenvalue weighted by Gasteiger charge is -2.30. The molecule has 32 heavy (non-hydrogen) atoms. The molecule has 1 saturated heterocycles. The van der Waals surface area contributed by atoms with Crippen molar-refractivity contribution in [3.8, 4) is 17.6 Å². The third-order valence-corrected chi connectivity index (χ3v) is 5.31. The zero-order valence-corrected chi connectivity index (χ0v) is 18.3. The average molecular weight is 475 g/mol. The number of carbonyl (C=O) groups is 2. The van der Waals surface area contributed by atoms with E-state index in [9.17, 15) is 14.4 Å². The van der Waals surface area contributed by atoms with Crippen molar-refractivity contribution in [2.45, 2.75) is 25.9 Å². The largest absolute Gasteiger partial charge is 0.454 e. The number of amides is 3. The van der Waals surface area contributed by atoms with Crippen LogP contribution in [0.25, 0.3) is 11.0 Å². The Balaban J connectivity index is 1.67. The number of H-pyrrole nitrogens is 1. The van der Waals surface area contributed by atoms with Crippen molar-refractivity contribution in [2.24, 2.45) is 0 Å². The highest BCUT2D eigenvalue weighted by Crippen LogP contribution is 2.40. The van der Waals surface area contributed by atoms with Gasteiger partial charge < -0.3 is 9.72 Å². The second-order valence-corrected chi connectivity index (χ2v) is 8.05. The summed E-state index contributed by atoms with van der Waals surface area (Å²) in [6, 6.07) is 7.50. The number of benzene rings is 2. The number of fused-ring (bicyclic) bond motifs is 1. The number of aromatic nitrogens is 2. The van der Waals surface area contributed by atoms with Crippen LogP contribution in [0.5, 0.6) is 11.5 Å². The molecule has 3 amide bonds. The molecule has 4 rings (SSSR count). The van der Waals surface area contributed by atoms with Crippen LogP contribution < -0.4 is 26.2 Å². The molecule has 1 aliphatic rings. The maximum absolute atomic E-state index is 12.2. The molecule has 1 unspecified atom stereocenters. The Morgan fingerprint density at radius 2 is 1.81 bits per heavy atom. The van der Waals surface area contributed by atoms with E-state index in [2.05, 4.69) is 15.7 Å². The number of ether oxygens (including phenoxy) is 1. The normalized spacial score (nSPS) is 16.4. The Morgan fingerprint density at radius 3 is 2.44 bits per heavy atom. The summed E-state index contributed by atoms with van der Waals surface area (Å²) < 4.78 is 7.48. The summed E-state index contributed by atoms with van der Waals surface area (Å²) in [6.07, 6.45) is 0. The maximum Gasteiger partial charge on any atom is 0.343 e. The summed E-state index contributed by atoms with van der Waals surface area (Å²) in [5.74, 6) is -0.229. The number of nitriles is 1. The molecule has 3 aromatic rings. The first-order chi connectivity index (χ1) is 15.2. The topological polar surface area (TPSA) is 132 Å². The van der Waals surface area contributed by atoms with Gasteiger partial charge in [-0.05, 0) is 38.1 Å². The van der Waals surface area contributed by atoms with Gasteiger partial charge in [0.25, 0.3) is 5.91 Å². The van der Waals surface area contributed by atoms with Crippen LogP contribution in [0.4, 0.5) is 10.5 Å². The summed E-state index contributed by atoms with van der Waals surface area (Å²) in [4.78, 5) is 38.7. The first-order valence-electron chi connectivity index (χ1n) is 9.41. The molecule has 3 N–H and O–H groups in total. The molecule has 0 aliphatic carbocycles. The Hall–Kier alpha value is -3.52. The Bertz CT molecular complexity index is 1330. The lowest BCUT2D eigenvalue weighted by Crippen LogP contribution is -2.64. The third kappa shape index (κ3) is 3.78. The van der Waals surface area contributed by atoms with Crippen LogP contribution in [0.2, 0.25) is 10.0 Å². The van der Waals surface area contributed by atoms with Crippen molar-refractivity contribution in [3.05, 3.63) is 50.9 Å². The molecule has 0 radical (unpaired) electrons. The van der Waals surface area contributed by atoms with E-state index in [-0.39, 0.29) is 33.2 Å². The number of nitrogens with one attached hydrogen (secondary N) is 3. The van der Waals surface area contributed by atoms with Crippen LogP contribution >= 0.6 is 23.2 Å². The molecule has 0 saturated carbocycles. The minimum Gasteiger partial charge on any atom is -0.454 e. The van der Waals surface area contributed by atoms with E-state index in [1.807, 2.05) is 13.8 Å². The van der Waals surface area contributed by atoms with E-state index < -0.39 is 18.0 Å². The van der Waals surface area contributed by atoms with Crippen molar-refractivity contribution in [2.75, 3.05) is 5.01 Å². The van der Waals surface area contributed by atoms with Gasteiger partial charge in [0, 0.05) is 12.1 Å². The first kappa shape index (κ1) is 21.7. The number of halogens is 2. The Labute approximate surface area is 191 Å². The summed E-state index contributed by atoms with van der Waals surface area (Å²) >= 11 is 12.7. The molecule has 1 fully saturated rings. The van der Waals surface area contributed by atoms with Crippen LogP contribution in [0, 0.1) is 11.3 Å². The van der Waals surface area contributed by atoms with E-state index in [0.29, 0.717) is 16.8 Å². The van der Waals surface area contributed by atoms with E-state index in [1.165, 1.54) is 12.1 Å². The highest BCUT2D eigenvalue weighted by atomic mass is 35.5. The van der Waals surface area contributed by atoms with Crippen LogP contribution in [0.1, 0.15) is 19.9 Å². The number of hydrazine groups is 1. The van der Waals surface area contributed by atoms with Crippen LogP contribution in [-0.2, 0) is 4.79 Å². The van der Waals surface area contributed by atoms with Gasteiger partial charge in [-0.3, -0.25) is 14.7 Å². The zero-order valence-electron chi connectivity index (χ0n) is 16.8. The van der Waals surface area contributed by atoms with Crippen molar-refractivity contribution in [1.82, 2.24) is 20.3 Å². The fourth-order valence-corrected chi connectivity index (χ4v) is 3.88. The SMILES string of the molecule is CC(C)n1c(=O)[nH]c2ccc(Oc3c(Cl)cc(N4NC(C#N)C(=O)NC4=O)cc3Cl)cc21. The van der Waals surface area contributed by atoms with E-state index >= 15 is 0 Å². The summed E-state index contributed by atoms with van der Waals surface area (Å²) in [5.41, 5.74) is 3.79. The fourth-order valence-electron chi connectivity index (χ4n) is 3.33. The molecule has 2 aromatic carbocycles. The smallest absolute Gasteiger partial charge is 0.343 e. The number of carbonyl (C=O) groups excluding carboxylic acids is 2. The van der Waals surface area contributed by atoms with Gasteiger partial charge in [-0.2, -0.15) is 10.7 Å². The number of imide groups is 1. The number of aromatic amines is 1. The summed E-state index contributed by atoms with van der Waals surface area (Å²) in [7, 11) is 0. The number of imidazole rings is 1. The second-order valence-electron chi connectivity index (χ2n) is 7.23. The standard InChI is InChI=1S/C20H16Cl2N6O4/c1-9(2)27-16-7-11(3-4-14(16)24-19(27)30)32-17-12(21)5-10(6-13(17)22)28-20(31)25-18(29)15(8-23)26-28/h3-7,9,15,26H,1-2H3,(H,24,30)(H,25,29,31). The van der Waals surface area contributed by atoms with Crippen molar-refractivity contribution in [3.63, 3.8) is 0 Å². The fraction of sp³-hybridized carbons (Fsp3) is 0.200. The molecule has 0 spiro atoms. The summed E-state index contributed by atoms with van der Waals surface area (Å²) in [5, 5.41) is 12.3. The van der Waals surface area contributed by atoms with Gasteiger partial charge in [0.1, 0.15) is 5.75 Å². The molecular formula is C20H16Cl2N6O4. The number of anilines is 1. The lowest BCUT2D eigenvalue weighted by atomic mass is 10.2. The first-order valence-corrected chi connectivity index (χ1v) is 10.2. The van der Waals surface area contributed by atoms with Crippen molar-refractivity contribution in [1.29, 1.82) is 5.26 Å². The van der Waals surface area contributed by atoms with Crippen molar-refractivity contribution >= 4 is 51.9 Å². The number of rotatable bonds is 4. The van der Waals surface area contributed by atoms with Crippen molar-refractivity contribution < 1.29 is 14.3 Å². The minimum atomic E-state index is -1.26. The molecule has 12 heteroatoms. The monoisotopic (exact) mass is 474 g/mol. The predicted molar refractivity (Wildman–Crippen MR) is 118 cm³/mol. The number of hydrogen-bond acceptors (Lipinski definition) is 6. The molecule has 1 aliphatic heterocycles. The van der Waals surface area contributed by atoms with Gasteiger partial charge in [0.05, 0.1) is 32.8 Å². The van der Waals surface area contributed by atoms with Crippen LogP contribution in [0.15, 0.2) is 35.1 Å². The van der Waals surface area contributed by atoms with E-state index in [1.54, 1.807) is 28.8 Å². The maximum atomic E-state index is 12.2.